The maximum Gasteiger partial charge on any atom is 0.268 e. The Bertz CT molecular complexity index is 1030. The fourth-order valence-electron chi connectivity index (χ4n) is 4.12. The minimum absolute atomic E-state index is 0.0756. The molecule has 2 fully saturated rings. The molecule has 0 bridgehead atoms. The third kappa shape index (κ3) is 2.88. The molecule has 5 rings (SSSR count). The second-order valence-corrected chi connectivity index (χ2v) is 7.37. The van der Waals surface area contributed by atoms with Crippen molar-refractivity contribution in [3.05, 3.63) is 36.5 Å². The SMILES string of the molecule is NC(=O)c1cn2c(-c3nccc(N4CCC5(CCCO5)CC4)n3)cnc2cn1. The standard InChI is InChI=1S/C19H21N7O2/c20-17(27)13-12-26-14(10-23-16(26)11-22-13)18-21-6-2-15(24-18)25-7-4-19(5-8-25)3-1-9-28-19/h2,6,10-12H,1,3-5,7-9H2,(H2,20,27). The fraction of sp³-hybridized carbons (Fsp3) is 0.421. The summed E-state index contributed by atoms with van der Waals surface area (Å²) in [5.74, 6) is 0.841. The van der Waals surface area contributed by atoms with Crippen LogP contribution in [0.15, 0.2) is 30.9 Å². The van der Waals surface area contributed by atoms with Crippen LogP contribution in [0.2, 0.25) is 0 Å². The summed E-state index contributed by atoms with van der Waals surface area (Å²) in [6.45, 7) is 2.72. The van der Waals surface area contributed by atoms with Crippen molar-refractivity contribution < 1.29 is 9.53 Å². The second kappa shape index (κ2) is 6.52. The van der Waals surface area contributed by atoms with Crippen molar-refractivity contribution in [1.82, 2.24) is 24.3 Å². The fourth-order valence-corrected chi connectivity index (χ4v) is 4.12. The van der Waals surface area contributed by atoms with E-state index in [0.29, 0.717) is 17.2 Å². The lowest BCUT2D eigenvalue weighted by molar-refractivity contribution is -0.0147. The summed E-state index contributed by atoms with van der Waals surface area (Å²) in [5, 5.41) is 0. The highest BCUT2D eigenvalue weighted by Crippen LogP contribution is 2.36. The molecule has 0 saturated carbocycles. The topological polar surface area (TPSA) is 112 Å². The van der Waals surface area contributed by atoms with Gasteiger partial charge >= 0.3 is 0 Å². The van der Waals surface area contributed by atoms with Gasteiger partial charge in [-0.25, -0.2) is 19.9 Å². The van der Waals surface area contributed by atoms with Gasteiger partial charge in [0.1, 0.15) is 17.2 Å². The predicted molar refractivity (Wildman–Crippen MR) is 102 cm³/mol. The van der Waals surface area contributed by atoms with Crippen LogP contribution < -0.4 is 10.6 Å². The molecule has 5 heterocycles. The number of primary amides is 1. The molecule has 0 atom stereocenters. The predicted octanol–water partition coefficient (Wildman–Crippen LogP) is 1.43. The van der Waals surface area contributed by atoms with Crippen LogP contribution in [0.4, 0.5) is 5.82 Å². The van der Waals surface area contributed by atoms with Gasteiger partial charge in [0.25, 0.3) is 5.91 Å². The van der Waals surface area contributed by atoms with E-state index in [1.807, 2.05) is 6.07 Å². The van der Waals surface area contributed by atoms with Gasteiger partial charge in [-0.2, -0.15) is 0 Å². The number of anilines is 1. The van der Waals surface area contributed by atoms with E-state index < -0.39 is 5.91 Å². The third-order valence-electron chi connectivity index (χ3n) is 5.70. The van der Waals surface area contributed by atoms with Gasteiger partial charge in [-0.15, -0.1) is 0 Å². The molecule has 9 heteroatoms. The third-order valence-corrected chi connectivity index (χ3v) is 5.70. The quantitative estimate of drug-likeness (QED) is 0.733. The van der Waals surface area contributed by atoms with Crippen LogP contribution in [0.25, 0.3) is 17.2 Å². The monoisotopic (exact) mass is 379 g/mol. The molecule has 1 amide bonds. The minimum Gasteiger partial charge on any atom is -0.375 e. The van der Waals surface area contributed by atoms with E-state index in [1.54, 1.807) is 23.0 Å². The Kier molecular flexibility index (Phi) is 3.97. The van der Waals surface area contributed by atoms with Gasteiger partial charge in [0.2, 0.25) is 0 Å². The number of piperidine rings is 1. The molecule has 2 N–H and O–H groups in total. The molecule has 28 heavy (non-hydrogen) atoms. The Balaban J connectivity index is 1.44. The molecule has 3 aromatic rings. The summed E-state index contributed by atoms with van der Waals surface area (Å²) < 4.78 is 7.75. The number of ether oxygens (including phenoxy) is 1. The lowest BCUT2D eigenvalue weighted by atomic mass is 9.89. The van der Waals surface area contributed by atoms with Crippen LogP contribution in [-0.4, -0.2) is 55.5 Å². The number of nitrogens with two attached hydrogens (primary N) is 1. The molecule has 144 valence electrons. The van der Waals surface area contributed by atoms with Crippen molar-refractivity contribution in [3.8, 4) is 11.5 Å². The van der Waals surface area contributed by atoms with Crippen molar-refractivity contribution in [3.63, 3.8) is 0 Å². The Labute approximate surface area is 161 Å². The van der Waals surface area contributed by atoms with Crippen LogP contribution in [0.1, 0.15) is 36.2 Å². The van der Waals surface area contributed by atoms with Gasteiger partial charge in [0.05, 0.1) is 18.0 Å². The van der Waals surface area contributed by atoms with E-state index in [4.69, 9.17) is 15.5 Å². The number of aromatic nitrogens is 5. The Morgan fingerprint density at radius 3 is 2.75 bits per heavy atom. The highest BCUT2D eigenvalue weighted by Gasteiger charge is 2.38. The number of hydrogen-bond donors (Lipinski definition) is 1. The van der Waals surface area contributed by atoms with E-state index >= 15 is 0 Å². The second-order valence-electron chi connectivity index (χ2n) is 7.37. The van der Waals surface area contributed by atoms with Gasteiger partial charge in [-0.3, -0.25) is 9.20 Å². The summed E-state index contributed by atoms with van der Waals surface area (Å²) in [5.41, 5.74) is 6.89. The minimum atomic E-state index is -0.590. The molecular weight excluding hydrogens is 358 g/mol. The summed E-state index contributed by atoms with van der Waals surface area (Å²) in [6.07, 6.45) is 10.9. The lowest BCUT2D eigenvalue weighted by Gasteiger charge is -2.39. The molecular formula is C19H21N7O2. The molecule has 9 nitrogen and oxygen atoms in total. The number of carbonyl (C=O) groups is 1. The molecule has 3 aromatic heterocycles. The summed E-state index contributed by atoms with van der Waals surface area (Å²) in [6, 6.07) is 1.93. The average Bonchev–Trinajstić information content (AvgIpc) is 3.35. The van der Waals surface area contributed by atoms with Gasteiger partial charge in [0, 0.05) is 32.1 Å². The molecule has 0 unspecified atom stereocenters. The van der Waals surface area contributed by atoms with Crippen molar-refractivity contribution in [2.45, 2.75) is 31.3 Å². The number of imidazole rings is 1. The zero-order valence-electron chi connectivity index (χ0n) is 15.4. The van der Waals surface area contributed by atoms with E-state index in [1.165, 1.54) is 6.20 Å². The van der Waals surface area contributed by atoms with E-state index in [-0.39, 0.29) is 11.3 Å². The number of hydrogen-bond acceptors (Lipinski definition) is 7. The first-order chi connectivity index (χ1) is 13.6. The molecule has 0 aliphatic carbocycles. The highest BCUT2D eigenvalue weighted by atomic mass is 16.5. The summed E-state index contributed by atoms with van der Waals surface area (Å²) in [4.78, 5) is 31.2. The first-order valence-electron chi connectivity index (χ1n) is 9.49. The van der Waals surface area contributed by atoms with E-state index in [9.17, 15) is 4.79 Å². The molecule has 2 saturated heterocycles. The zero-order valence-corrected chi connectivity index (χ0v) is 15.4. The number of fused-ring (bicyclic) bond motifs is 1. The normalized spacial score (nSPS) is 18.8. The summed E-state index contributed by atoms with van der Waals surface area (Å²) in [7, 11) is 0. The lowest BCUT2D eigenvalue weighted by Crippen LogP contribution is -2.44. The number of amides is 1. The Hall–Kier alpha value is -3.07. The number of nitrogens with zero attached hydrogens (tertiary/aromatic N) is 6. The van der Waals surface area contributed by atoms with Gasteiger partial charge < -0.3 is 15.4 Å². The Morgan fingerprint density at radius 2 is 2.00 bits per heavy atom. The first-order valence-corrected chi connectivity index (χ1v) is 9.49. The van der Waals surface area contributed by atoms with E-state index in [0.717, 1.165) is 51.2 Å². The maximum atomic E-state index is 11.5. The van der Waals surface area contributed by atoms with Crippen LogP contribution in [0.5, 0.6) is 0 Å². The van der Waals surface area contributed by atoms with Crippen molar-refractivity contribution in [2.24, 2.45) is 5.73 Å². The average molecular weight is 379 g/mol. The van der Waals surface area contributed by atoms with Crippen molar-refractivity contribution in [1.29, 1.82) is 0 Å². The molecule has 1 spiro atoms. The number of carbonyl (C=O) groups excluding carboxylic acids is 1. The van der Waals surface area contributed by atoms with Crippen molar-refractivity contribution >= 4 is 17.4 Å². The smallest absolute Gasteiger partial charge is 0.268 e. The molecule has 2 aliphatic rings. The molecule has 2 aliphatic heterocycles. The maximum absolute atomic E-state index is 11.5. The Morgan fingerprint density at radius 1 is 1.14 bits per heavy atom. The van der Waals surface area contributed by atoms with E-state index in [2.05, 4.69) is 19.9 Å². The summed E-state index contributed by atoms with van der Waals surface area (Å²) >= 11 is 0. The van der Waals surface area contributed by atoms with Crippen molar-refractivity contribution in [2.75, 3.05) is 24.6 Å². The largest absolute Gasteiger partial charge is 0.375 e. The van der Waals surface area contributed by atoms with Crippen LogP contribution in [0.3, 0.4) is 0 Å². The van der Waals surface area contributed by atoms with Gasteiger partial charge in [-0.1, -0.05) is 0 Å². The van der Waals surface area contributed by atoms with Crippen LogP contribution >= 0.6 is 0 Å². The highest BCUT2D eigenvalue weighted by molar-refractivity contribution is 5.90. The molecule has 0 aromatic carbocycles. The molecule has 0 radical (unpaired) electrons. The van der Waals surface area contributed by atoms with Gasteiger partial charge in [-0.05, 0) is 31.7 Å². The number of rotatable bonds is 3. The van der Waals surface area contributed by atoms with Crippen LogP contribution in [0, 0.1) is 0 Å². The zero-order chi connectivity index (χ0) is 19.1. The van der Waals surface area contributed by atoms with Crippen LogP contribution in [-0.2, 0) is 4.74 Å². The first kappa shape index (κ1) is 17.1. The van der Waals surface area contributed by atoms with Gasteiger partial charge in [0.15, 0.2) is 11.5 Å².